The number of carbonyl (C=O) groups excluding carboxylic acids is 2. The molecule has 0 spiro atoms. The SMILES string of the molecule is CN(C)C(=O)CNC(=O)c1cccc(NC2N=CC(C(F)(F)F)=CN2NCc2cccnc2N(C)S(C)(=O)=O)c1. The molecule has 1 aromatic carbocycles. The number of hydrogen-bond acceptors (Lipinski definition) is 9. The number of halogens is 3. The van der Waals surface area contributed by atoms with Crippen LogP contribution >= 0.6 is 0 Å². The van der Waals surface area contributed by atoms with Crippen LogP contribution in [0.25, 0.3) is 0 Å². The summed E-state index contributed by atoms with van der Waals surface area (Å²) in [6, 6.07) is 9.30. The fourth-order valence-electron chi connectivity index (χ4n) is 3.36. The number of allylic oxidation sites excluding steroid dienone is 1. The van der Waals surface area contributed by atoms with Crippen molar-refractivity contribution in [3.63, 3.8) is 0 Å². The number of rotatable bonds is 10. The summed E-state index contributed by atoms with van der Waals surface area (Å²) in [7, 11) is 0.784. The van der Waals surface area contributed by atoms with E-state index in [4.69, 9.17) is 0 Å². The van der Waals surface area contributed by atoms with Crippen LogP contribution in [0, 0.1) is 0 Å². The number of nitrogens with zero attached hydrogens (tertiary/aromatic N) is 5. The van der Waals surface area contributed by atoms with Crippen molar-refractivity contribution in [1.82, 2.24) is 25.6 Å². The average molecular weight is 583 g/mol. The molecule has 0 radical (unpaired) electrons. The van der Waals surface area contributed by atoms with E-state index in [0.29, 0.717) is 17.5 Å². The second-order valence-corrected chi connectivity index (χ2v) is 10.9. The molecular weight excluding hydrogens is 553 g/mol. The zero-order valence-electron chi connectivity index (χ0n) is 22.1. The number of hydrazine groups is 1. The van der Waals surface area contributed by atoms with Crippen LogP contribution in [0.3, 0.4) is 0 Å². The lowest BCUT2D eigenvalue weighted by atomic mass is 10.2. The van der Waals surface area contributed by atoms with Crippen molar-refractivity contribution in [3.8, 4) is 0 Å². The number of aromatic nitrogens is 1. The van der Waals surface area contributed by atoms with Crippen LogP contribution in [0.15, 0.2) is 59.4 Å². The Kier molecular flexibility index (Phi) is 9.36. The molecule has 0 bridgehead atoms. The normalized spacial score (nSPS) is 15.3. The highest BCUT2D eigenvalue weighted by Crippen LogP contribution is 2.28. The first kappa shape index (κ1) is 30.4. The maximum atomic E-state index is 13.5. The summed E-state index contributed by atoms with van der Waals surface area (Å²) in [5.74, 6) is -0.707. The topological polar surface area (TPSA) is 139 Å². The monoisotopic (exact) mass is 582 g/mol. The summed E-state index contributed by atoms with van der Waals surface area (Å²) in [4.78, 5) is 33.7. The second-order valence-electron chi connectivity index (χ2n) is 8.89. The Morgan fingerprint density at radius 1 is 1.12 bits per heavy atom. The molecule has 12 nitrogen and oxygen atoms in total. The molecule has 3 N–H and O–H groups in total. The van der Waals surface area contributed by atoms with Crippen LogP contribution in [0.2, 0.25) is 0 Å². The van der Waals surface area contributed by atoms with Gasteiger partial charge in [0, 0.05) is 63.1 Å². The molecule has 40 heavy (non-hydrogen) atoms. The first-order valence-electron chi connectivity index (χ1n) is 11.7. The lowest BCUT2D eigenvalue weighted by Crippen LogP contribution is -2.47. The maximum absolute atomic E-state index is 13.5. The largest absolute Gasteiger partial charge is 0.419 e. The van der Waals surface area contributed by atoms with E-state index in [2.05, 4.69) is 26.0 Å². The summed E-state index contributed by atoms with van der Waals surface area (Å²) in [5.41, 5.74) is 2.80. The summed E-state index contributed by atoms with van der Waals surface area (Å²) in [6.45, 7) is -0.301. The average Bonchev–Trinajstić information content (AvgIpc) is 2.89. The molecular formula is C24H29F3N8O4S. The van der Waals surface area contributed by atoms with Gasteiger partial charge in [0.2, 0.25) is 22.2 Å². The van der Waals surface area contributed by atoms with E-state index < -0.39 is 34.0 Å². The number of pyridine rings is 1. The van der Waals surface area contributed by atoms with Gasteiger partial charge in [-0.25, -0.2) is 23.8 Å². The molecule has 16 heteroatoms. The van der Waals surface area contributed by atoms with Crippen molar-refractivity contribution in [2.24, 2.45) is 4.99 Å². The molecule has 1 atom stereocenters. The van der Waals surface area contributed by atoms with Crippen molar-refractivity contribution < 1.29 is 31.2 Å². The van der Waals surface area contributed by atoms with E-state index >= 15 is 0 Å². The maximum Gasteiger partial charge on any atom is 0.419 e. The number of nitrogens with one attached hydrogen (secondary N) is 3. The number of sulfonamides is 1. The molecule has 2 heterocycles. The van der Waals surface area contributed by atoms with E-state index in [9.17, 15) is 31.2 Å². The third kappa shape index (κ3) is 7.92. The Hall–Kier alpha value is -4.18. The van der Waals surface area contributed by atoms with Gasteiger partial charge in [-0.3, -0.25) is 18.9 Å². The van der Waals surface area contributed by atoms with Gasteiger partial charge in [0.25, 0.3) is 5.91 Å². The predicted molar refractivity (Wildman–Crippen MR) is 144 cm³/mol. The van der Waals surface area contributed by atoms with Gasteiger partial charge in [0.1, 0.15) is 5.82 Å². The predicted octanol–water partition coefficient (Wildman–Crippen LogP) is 1.53. The highest BCUT2D eigenvalue weighted by atomic mass is 32.2. The quantitative estimate of drug-likeness (QED) is 0.384. The van der Waals surface area contributed by atoms with E-state index in [1.165, 1.54) is 30.3 Å². The number of anilines is 2. The Balaban J connectivity index is 1.81. The van der Waals surface area contributed by atoms with Crippen molar-refractivity contribution in [2.75, 3.05) is 43.6 Å². The van der Waals surface area contributed by atoms with E-state index in [-0.39, 0.29) is 30.4 Å². The molecule has 3 rings (SSSR count). The molecule has 0 aliphatic carbocycles. The van der Waals surface area contributed by atoms with Crippen molar-refractivity contribution in [3.05, 3.63) is 65.5 Å². The van der Waals surface area contributed by atoms with E-state index in [1.807, 2.05) is 0 Å². The third-order valence-corrected chi connectivity index (χ3v) is 6.83. The first-order chi connectivity index (χ1) is 18.7. The van der Waals surface area contributed by atoms with E-state index in [0.717, 1.165) is 21.8 Å². The number of likely N-dealkylation sites (N-methyl/N-ethyl adjacent to an activating group) is 1. The molecule has 1 aromatic heterocycles. The smallest absolute Gasteiger partial charge is 0.347 e. The molecule has 1 unspecified atom stereocenters. The summed E-state index contributed by atoms with van der Waals surface area (Å²) < 4.78 is 65.4. The van der Waals surface area contributed by atoms with E-state index in [1.54, 1.807) is 38.4 Å². The summed E-state index contributed by atoms with van der Waals surface area (Å²) >= 11 is 0. The lowest BCUT2D eigenvalue weighted by molar-refractivity contribution is -0.127. The molecule has 216 valence electrons. The van der Waals surface area contributed by atoms with Crippen molar-refractivity contribution >= 4 is 39.6 Å². The number of amides is 2. The Labute approximate surface area is 229 Å². The molecule has 0 saturated carbocycles. The minimum atomic E-state index is -4.67. The lowest BCUT2D eigenvalue weighted by Gasteiger charge is -2.33. The molecule has 2 aromatic rings. The van der Waals surface area contributed by atoms with Gasteiger partial charge < -0.3 is 15.5 Å². The third-order valence-electron chi connectivity index (χ3n) is 5.66. The van der Waals surface area contributed by atoms with Gasteiger partial charge in [-0.2, -0.15) is 13.2 Å². The second kappa shape index (κ2) is 12.3. The number of alkyl halides is 3. The summed E-state index contributed by atoms with van der Waals surface area (Å²) in [6.07, 6.45) is -1.84. The number of hydrogen-bond donors (Lipinski definition) is 3. The van der Waals surface area contributed by atoms with Gasteiger partial charge in [0.05, 0.1) is 18.4 Å². The van der Waals surface area contributed by atoms with Crippen LogP contribution in [0.4, 0.5) is 24.7 Å². The fraction of sp³-hybridized carbons (Fsp3) is 0.333. The molecule has 2 amide bonds. The van der Waals surface area contributed by atoms with Crippen LogP contribution in [0.5, 0.6) is 0 Å². The Morgan fingerprint density at radius 2 is 1.85 bits per heavy atom. The van der Waals surface area contributed by atoms with Crippen LogP contribution in [0.1, 0.15) is 15.9 Å². The van der Waals surface area contributed by atoms with Crippen molar-refractivity contribution in [1.29, 1.82) is 0 Å². The van der Waals surface area contributed by atoms with Crippen LogP contribution in [-0.2, 0) is 21.4 Å². The van der Waals surface area contributed by atoms with Gasteiger partial charge >= 0.3 is 6.18 Å². The Bertz CT molecular complexity index is 1410. The first-order valence-corrected chi connectivity index (χ1v) is 13.6. The molecule has 1 aliphatic rings. The van der Waals surface area contributed by atoms with Gasteiger partial charge in [-0.15, -0.1) is 0 Å². The molecule has 1 aliphatic heterocycles. The highest BCUT2D eigenvalue weighted by Gasteiger charge is 2.36. The molecule has 0 fully saturated rings. The van der Waals surface area contributed by atoms with Crippen LogP contribution in [-0.4, -0.2) is 87.7 Å². The number of aliphatic imine (C=N–C) groups is 1. The molecule has 0 saturated heterocycles. The summed E-state index contributed by atoms with van der Waals surface area (Å²) in [5, 5.41) is 6.55. The fourth-order valence-corrected chi connectivity index (χ4v) is 3.84. The van der Waals surface area contributed by atoms with Gasteiger partial charge in [-0.1, -0.05) is 12.1 Å². The minimum Gasteiger partial charge on any atom is -0.347 e. The highest BCUT2D eigenvalue weighted by molar-refractivity contribution is 7.92. The Morgan fingerprint density at radius 3 is 2.50 bits per heavy atom. The van der Waals surface area contributed by atoms with Crippen molar-refractivity contribution in [2.45, 2.75) is 19.0 Å². The number of carbonyl (C=O) groups is 2. The zero-order chi connectivity index (χ0) is 29.7. The number of benzene rings is 1. The van der Waals surface area contributed by atoms with Gasteiger partial charge in [-0.05, 0) is 24.3 Å². The zero-order valence-corrected chi connectivity index (χ0v) is 22.9. The standard InChI is InChI=1S/C24H29F3N8O4S/c1-33(2)20(36)14-29-22(37)16-7-5-9-19(11-16)32-23-30-13-18(24(25,26)27)15-35(23)31-12-17-8-6-10-28-21(17)34(3)40(4,38)39/h5-11,13,15,23,31-32H,12,14H2,1-4H3,(H,29,37). The van der Waals surface area contributed by atoms with Gasteiger partial charge in [0.15, 0.2) is 0 Å². The minimum absolute atomic E-state index is 0.0965. The van der Waals surface area contributed by atoms with Crippen LogP contribution < -0.4 is 20.4 Å².